The van der Waals surface area contributed by atoms with Crippen molar-refractivity contribution in [3.8, 4) is 0 Å². The van der Waals surface area contributed by atoms with Crippen LogP contribution in [-0.2, 0) is 12.0 Å². The quantitative estimate of drug-likeness (QED) is 0.219. The van der Waals surface area contributed by atoms with Crippen molar-refractivity contribution in [3.63, 3.8) is 0 Å². The van der Waals surface area contributed by atoms with E-state index in [0.29, 0.717) is 11.8 Å². The van der Waals surface area contributed by atoms with Crippen LogP contribution < -0.4 is 0 Å². The molecule has 4 aromatic carbocycles. The maximum Gasteiger partial charge on any atom is 0.121 e. The molecule has 0 amide bonds. The summed E-state index contributed by atoms with van der Waals surface area (Å²) in [6, 6.07) is 43.3. The Hall–Kier alpha value is -3.91. The zero-order valence-corrected chi connectivity index (χ0v) is 20.5. The second-order valence-corrected chi connectivity index (χ2v) is 9.49. The molecule has 1 aromatic heterocycles. The molecule has 35 heavy (non-hydrogen) atoms. The number of benzene rings is 4. The Kier molecular flexibility index (Phi) is 6.63. The Labute approximate surface area is 208 Å². The van der Waals surface area contributed by atoms with Crippen molar-refractivity contribution in [2.24, 2.45) is 5.92 Å². The van der Waals surface area contributed by atoms with Crippen LogP contribution in [0.4, 0.5) is 0 Å². The maximum atomic E-state index is 4.97. The molecular formula is C33H32N2. The summed E-state index contributed by atoms with van der Waals surface area (Å²) in [4.78, 5) is 4.97. The van der Waals surface area contributed by atoms with E-state index in [1.807, 2.05) is 6.20 Å². The van der Waals surface area contributed by atoms with E-state index in [9.17, 15) is 0 Å². The second kappa shape index (κ2) is 10.1. The lowest BCUT2D eigenvalue weighted by atomic mass is 9.76. The van der Waals surface area contributed by atoms with E-state index in [-0.39, 0.29) is 0 Å². The fraction of sp³-hybridized carbons (Fsp3) is 0.182. The van der Waals surface area contributed by atoms with Crippen LogP contribution in [0.25, 0.3) is 0 Å². The van der Waals surface area contributed by atoms with Crippen molar-refractivity contribution in [2.45, 2.75) is 31.7 Å². The zero-order valence-electron chi connectivity index (χ0n) is 20.5. The first-order valence-corrected chi connectivity index (χ1v) is 12.5. The van der Waals surface area contributed by atoms with Crippen LogP contribution in [0.3, 0.4) is 0 Å². The number of rotatable bonds is 8. The molecule has 0 aliphatic heterocycles. The van der Waals surface area contributed by atoms with Crippen molar-refractivity contribution < 1.29 is 0 Å². The molecule has 0 spiro atoms. The van der Waals surface area contributed by atoms with Crippen molar-refractivity contribution in [2.75, 3.05) is 0 Å². The summed E-state index contributed by atoms with van der Waals surface area (Å²) in [5.74, 6) is 1.95. The number of hydrogen-bond acceptors (Lipinski definition) is 1. The van der Waals surface area contributed by atoms with Gasteiger partial charge in [0.25, 0.3) is 0 Å². The highest BCUT2D eigenvalue weighted by Crippen LogP contribution is 2.42. The average molecular weight is 457 g/mol. The number of aromatic nitrogens is 2. The summed E-state index contributed by atoms with van der Waals surface area (Å²) in [7, 11) is 0. The van der Waals surface area contributed by atoms with Crippen molar-refractivity contribution in [1.29, 1.82) is 0 Å². The van der Waals surface area contributed by atoms with Gasteiger partial charge in [-0.3, -0.25) is 0 Å². The molecule has 0 saturated heterocycles. The predicted molar refractivity (Wildman–Crippen MR) is 145 cm³/mol. The van der Waals surface area contributed by atoms with Crippen LogP contribution in [0.2, 0.25) is 0 Å². The third kappa shape index (κ3) is 4.33. The molecule has 5 aromatic rings. The van der Waals surface area contributed by atoms with Crippen LogP contribution >= 0.6 is 0 Å². The Morgan fingerprint density at radius 2 is 1.06 bits per heavy atom. The van der Waals surface area contributed by atoms with Crippen LogP contribution in [0.5, 0.6) is 0 Å². The summed E-state index contributed by atoms with van der Waals surface area (Å²) >= 11 is 0. The van der Waals surface area contributed by atoms with Gasteiger partial charge in [-0.05, 0) is 34.1 Å². The minimum absolute atomic E-state index is 0.373. The monoisotopic (exact) mass is 456 g/mol. The molecule has 174 valence electrons. The normalized spacial score (nSPS) is 12.5. The van der Waals surface area contributed by atoms with Crippen molar-refractivity contribution >= 4 is 0 Å². The summed E-state index contributed by atoms with van der Waals surface area (Å²) in [6.07, 6.45) is 4.98. The van der Waals surface area contributed by atoms with Crippen molar-refractivity contribution in [1.82, 2.24) is 9.55 Å². The molecule has 1 heterocycles. The molecule has 0 fully saturated rings. The van der Waals surface area contributed by atoms with E-state index in [1.165, 1.54) is 22.3 Å². The molecule has 2 heteroatoms. The van der Waals surface area contributed by atoms with Gasteiger partial charge in [0.1, 0.15) is 11.4 Å². The van der Waals surface area contributed by atoms with E-state index in [4.69, 9.17) is 4.98 Å². The molecule has 1 unspecified atom stereocenters. The van der Waals surface area contributed by atoms with E-state index < -0.39 is 5.54 Å². The van der Waals surface area contributed by atoms with E-state index in [0.717, 1.165) is 12.2 Å². The number of imidazole rings is 1. The lowest BCUT2D eigenvalue weighted by Crippen LogP contribution is -2.39. The van der Waals surface area contributed by atoms with Gasteiger partial charge in [0, 0.05) is 18.8 Å². The van der Waals surface area contributed by atoms with Gasteiger partial charge < -0.3 is 4.57 Å². The second-order valence-electron chi connectivity index (χ2n) is 9.49. The summed E-state index contributed by atoms with van der Waals surface area (Å²) in [5.41, 5.74) is 4.49. The Balaban J connectivity index is 1.75. The van der Waals surface area contributed by atoms with Gasteiger partial charge >= 0.3 is 0 Å². The SMILES string of the molecule is CC(C)C(Cc1nccn1C(c1ccccc1)(c1ccccc1)c1ccccc1)c1ccccc1. The molecule has 1 atom stereocenters. The fourth-order valence-electron chi connectivity index (χ4n) is 5.38. The van der Waals surface area contributed by atoms with Gasteiger partial charge in [0.2, 0.25) is 0 Å². The van der Waals surface area contributed by atoms with Gasteiger partial charge in [-0.15, -0.1) is 0 Å². The Morgan fingerprint density at radius 1 is 0.629 bits per heavy atom. The van der Waals surface area contributed by atoms with E-state index in [2.05, 4.69) is 146 Å². The molecule has 0 bridgehead atoms. The van der Waals surface area contributed by atoms with Gasteiger partial charge in [0.05, 0.1) is 0 Å². The van der Waals surface area contributed by atoms with Gasteiger partial charge in [-0.25, -0.2) is 4.98 Å². The molecule has 2 nitrogen and oxygen atoms in total. The molecule has 0 saturated carbocycles. The van der Waals surface area contributed by atoms with Gasteiger partial charge in [-0.1, -0.05) is 135 Å². The molecule has 0 radical (unpaired) electrons. The highest BCUT2D eigenvalue weighted by atomic mass is 15.1. The van der Waals surface area contributed by atoms with Crippen LogP contribution in [0, 0.1) is 5.92 Å². The number of hydrogen-bond donors (Lipinski definition) is 0. The smallest absolute Gasteiger partial charge is 0.121 e. The minimum atomic E-state index is -0.534. The highest BCUT2D eigenvalue weighted by molar-refractivity contribution is 5.51. The Morgan fingerprint density at radius 3 is 1.49 bits per heavy atom. The topological polar surface area (TPSA) is 17.8 Å². The van der Waals surface area contributed by atoms with Gasteiger partial charge in [0.15, 0.2) is 0 Å². The molecule has 0 aliphatic carbocycles. The van der Waals surface area contributed by atoms with E-state index in [1.54, 1.807) is 0 Å². The van der Waals surface area contributed by atoms with Crippen LogP contribution in [0.1, 0.15) is 47.8 Å². The lowest BCUT2D eigenvalue weighted by molar-refractivity contribution is 0.443. The average Bonchev–Trinajstić information content (AvgIpc) is 3.38. The molecule has 5 rings (SSSR count). The largest absolute Gasteiger partial charge is 0.316 e. The standard InChI is InChI=1S/C33H32N2/c1-26(2)31(27-15-7-3-8-16-27)25-32-34-23-24-35(32)33(28-17-9-4-10-18-28,29-19-11-5-12-20-29)30-21-13-6-14-22-30/h3-24,26,31H,25H2,1-2H3. The highest BCUT2D eigenvalue weighted by Gasteiger charge is 2.39. The van der Waals surface area contributed by atoms with Gasteiger partial charge in [-0.2, -0.15) is 0 Å². The first-order valence-electron chi connectivity index (χ1n) is 12.5. The third-order valence-corrected chi connectivity index (χ3v) is 7.09. The zero-order chi connectivity index (χ0) is 24.1. The summed E-state index contributed by atoms with van der Waals surface area (Å²) < 4.78 is 2.41. The summed E-state index contributed by atoms with van der Waals surface area (Å²) in [6.45, 7) is 4.62. The minimum Gasteiger partial charge on any atom is -0.316 e. The van der Waals surface area contributed by atoms with Crippen molar-refractivity contribution in [3.05, 3.63) is 162 Å². The fourth-order valence-corrected chi connectivity index (χ4v) is 5.38. The third-order valence-electron chi connectivity index (χ3n) is 7.09. The predicted octanol–water partition coefficient (Wildman–Crippen LogP) is 7.71. The molecular weight excluding hydrogens is 424 g/mol. The number of nitrogens with zero attached hydrogens (tertiary/aromatic N) is 2. The molecule has 0 N–H and O–H groups in total. The maximum absolute atomic E-state index is 4.97. The molecule has 0 aliphatic rings. The first-order chi connectivity index (χ1) is 17.2. The van der Waals surface area contributed by atoms with Crippen LogP contribution in [-0.4, -0.2) is 9.55 Å². The van der Waals surface area contributed by atoms with Crippen LogP contribution in [0.15, 0.2) is 134 Å². The van der Waals surface area contributed by atoms with E-state index >= 15 is 0 Å². The Bertz CT molecular complexity index is 1230. The lowest BCUT2D eigenvalue weighted by Gasteiger charge is -2.39. The summed E-state index contributed by atoms with van der Waals surface area (Å²) in [5, 5.41) is 0. The first kappa shape index (κ1) is 22.9.